The summed E-state index contributed by atoms with van der Waals surface area (Å²) in [6.07, 6.45) is 0.740. The van der Waals surface area contributed by atoms with E-state index < -0.39 is 23.6 Å². The standard InChI is InChI=1S/C33H25ClFN3O5S2/c34-15-6-11-22(43-14-23(39)36-17-9-7-16(35)8-10-17)19(12-15)24-25-20-13-21(28(25)44-30-29(24)45-33(42)37-30)27-26(20)31(40)38(32(27)41)18-4-2-1-3-5-18/h1-12,20-21,24-28H,13-14H2,(H,36,39)(H,37,42)/t20?,21?,24-,25?,26?,27?,28?/m1/s1. The Morgan fingerprint density at radius 2 is 1.73 bits per heavy atom. The van der Waals surface area contributed by atoms with Gasteiger partial charge in [0.15, 0.2) is 6.61 Å². The molecule has 6 unspecified atom stereocenters. The highest BCUT2D eigenvalue weighted by atomic mass is 35.5. The number of ether oxygens (including phenoxy) is 1. The number of nitrogens with one attached hydrogen (secondary N) is 2. The SMILES string of the molecule is O=C(COc1ccc(Cl)cc1[C@H]1c2sc(=O)[nH]c2SC2C3CC(C4C(=O)N(c5ccccc5)C(=O)C34)C21)Nc1ccc(F)cc1. The molecule has 1 aromatic heterocycles. The smallest absolute Gasteiger partial charge is 0.305 e. The van der Waals surface area contributed by atoms with E-state index in [-0.39, 0.29) is 52.2 Å². The number of aromatic amines is 1. The van der Waals surface area contributed by atoms with Crippen LogP contribution in [-0.4, -0.2) is 34.6 Å². The van der Waals surface area contributed by atoms with Crippen LogP contribution in [0, 0.1) is 35.4 Å². The molecule has 4 aromatic rings. The van der Waals surface area contributed by atoms with Gasteiger partial charge in [0.05, 0.1) is 22.5 Å². The molecule has 228 valence electrons. The van der Waals surface area contributed by atoms with Crippen LogP contribution in [0.25, 0.3) is 0 Å². The maximum absolute atomic E-state index is 14.0. The lowest BCUT2D eigenvalue weighted by Gasteiger charge is -2.43. The van der Waals surface area contributed by atoms with Crippen molar-refractivity contribution in [2.45, 2.75) is 22.6 Å². The van der Waals surface area contributed by atoms with Gasteiger partial charge >= 0.3 is 4.87 Å². The number of H-pyrrole nitrogens is 1. The molecule has 0 radical (unpaired) electrons. The topological polar surface area (TPSA) is 109 Å². The van der Waals surface area contributed by atoms with Crippen LogP contribution >= 0.6 is 34.7 Å². The molecule has 8 rings (SSSR count). The molecule has 3 heterocycles. The maximum Gasteiger partial charge on any atom is 0.305 e. The molecular formula is C33H25ClFN3O5S2. The van der Waals surface area contributed by atoms with Gasteiger partial charge in [-0.15, -0.1) is 11.8 Å². The highest BCUT2D eigenvalue weighted by molar-refractivity contribution is 8.00. The van der Waals surface area contributed by atoms with Gasteiger partial charge in [0, 0.05) is 32.3 Å². The van der Waals surface area contributed by atoms with Crippen molar-refractivity contribution in [3.8, 4) is 5.75 Å². The molecule has 2 N–H and O–H groups in total. The van der Waals surface area contributed by atoms with Crippen molar-refractivity contribution in [1.82, 2.24) is 4.98 Å². The molecule has 4 aliphatic rings. The van der Waals surface area contributed by atoms with Crippen molar-refractivity contribution < 1.29 is 23.5 Å². The number of hydrogen-bond acceptors (Lipinski definition) is 7. The zero-order valence-corrected chi connectivity index (χ0v) is 25.8. The lowest BCUT2D eigenvalue weighted by atomic mass is 9.68. The lowest BCUT2D eigenvalue weighted by Crippen LogP contribution is -2.42. The number of carbonyl (C=O) groups excluding carboxylic acids is 3. The van der Waals surface area contributed by atoms with Crippen molar-refractivity contribution in [2.75, 3.05) is 16.8 Å². The summed E-state index contributed by atoms with van der Waals surface area (Å²) in [5, 5.41) is 3.92. The molecule has 2 aliphatic carbocycles. The number of hydrogen-bond donors (Lipinski definition) is 2. The highest BCUT2D eigenvalue weighted by Gasteiger charge is 2.69. The van der Waals surface area contributed by atoms with E-state index in [1.54, 1.807) is 36.0 Å². The normalized spacial score (nSPS) is 27.7. The summed E-state index contributed by atoms with van der Waals surface area (Å²) >= 11 is 9.28. The van der Waals surface area contributed by atoms with Gasteiger partial charge < -0.3 is 15.0 Å². The predicted molar refractivity (Wildman–Crippen MR) is 169 cm³/mol. The Morgan fingerprint density at radius 3 is 2.49 bits per heavy atom. The van der Waals surface area contributed by atoms with Crippen molar-refractivity contribution in [1.29, 1.82) is 0 Å². The molecule has 3 aromatic carbocycles. The summed E-state index contributed by atoms with van der Waals surface area (Å²) < 4.78 is 19.4. The fourth-order valence-electron chi connectivity index (χ4n) is 7.96. The number of amides is 3. The van der Waals surface area contributed by atoms with E-state index in [1.807, 2.05) is 24.3 Å². The van der Waals surface area contributed by atoms with Gasteiger partial charge in [-0.25, -0.2) is 4.39 Å². The first-order chi connectivity index (χ1) is 21.8. The van der Waals surface area contributed by atoms with Crippen LogP contribution < -0.4 is 19.8 Å². The van der Waals surface area contributed by atoms with Crippen LogP contribution in [0.4, 0.5) is 15.8 Å². The first kappa shape index (κ1) is 28.5. The quantitative estimate of drug-likeness (QED) is 0.248. The monoisotopic (exact) mass is 661 g/mol. The van der Waals surface area contributed by atoms with E-state index in [4.69, 9.17) is 16.3 Å². The van der Waals surface area contributed by atoms with E-state index in [9.17, 15) is 23.6 Å². The minimum atomic E-state index is -0.450. The van der Waals surface area contributed by atoms with Gasteiger partial charge in [0.25, 0.3) is 5.91 Å². The second kappa shape index (κ2) is 10.9. The van der Waals surface area contributed by atoms with Gasteiger partial charge in [-0.05, 0) is 78.8 Å². The average Bonchev–Trinajstić information content (AvgIpc) is 3.77. The van der Waals surface area contributed by atoms with Gasteiger partial charge in [0.1, 0.15) is 11.6 Å². The average molecular weight is 662 g/mol. The summed E-state index contributed by atoms with van der Waals surface area (Å²) in [7, 11) is 0. The molecule has 3 amide bonds. The third-order valence-corrected chi connectivity index (χ3v) is 12.4. The van der Waals surface area contributed by atoms with Crippen molar-refractivity contribution in [3.63, 3.8) is 0 Å². The molecule has 2 saturated carbocycles. The van der Waals surface area contributed by atoms with E-state index in [0.29, 0.717) is 22.1 Å². The maximum atomic E-state index is 14.0. The largest absolute Gasteiger partial charge is 0.483 e. The van der Waals surface area contributed by atoms with Gasteiger partial charge in [0.2, 0.25) is 11.8 Å². The Labute approximate surface area is 269 Å². The Kier molecular flexibility index (Phi) is 6.88. The fourth-order valence-corrected chi connectivity index (χ4v) is 11.0. The summed E-state index contributed by atoms with van der Waals surface area (Å²) in [5.74, 6) is -2.11. The number of aromatic nitrogens is 1. The van der Waals surface area contributed by atoms with Crippen LogP contribution in [-0.2, 0) is 14.4 Å². The van der Waals surface area contributed by atoms with Crippen molar-refractivity contribution in [2.24, 2.45) is 29.6 Å². The van der Waals surface area contributed by atoms with Crippen LogP contribution in [0.5, 0.6) is 5.75 Å². The van der Waals surface area contributed by atoms with Crippen LogP contribution in [0.2, 0.25) is 5.02 Å². The number of halogens is 2. The third-order valence-electron chi connectivity index (χ3n) is 9.53. The molecule has 8 nitrogen and oxygen atoms in total. The summed E-state index contributed by atoms with van der Waals surface area (Å²) in [5.41, 5.74) is 1.75. The number of benzene rings is 3. The number of thiazole rings is 1. The second-order valence-electron chi connectivity index (χ2n) is 11.8. The van der Waals surface area contributed by atoms with Gasteiger partial charge in [-0.1, -0.05) is 41.1 Å². The number of nitrogens with zero attached hydrogens (tertiary/aromatic N) is 1. The van der Waals surface area contributed by atoms with E-state index in [2.05, 4.69) is 10.3 Å². The van der Waals surface area contributed by atoms with E-state index in [0.717, 1.165) is 33.2 Å². The first-order valence-electron chi connectivity index (χ1n) is 14.6. The number of fused-ring (bicyclic) bond motifs is 9. The molecule has 0 spiro atoms. The zero-order chi connectivity index (χ0) is 31.0. The number of anilines is 2. The van der Waals surface area contributed by atoms with Crippen LogP contribution in [0.1, 0.15) is 22.8 Å². The Morgan fingerprint density at radius 1 is 1.00 bits per heavy atom. The second-order valence-corrected chi connectivity index (χ2v) is 14.5. The highest BCUT2D eigenvalue weighted by Crippen LogP contribution is 2.69. The fraction of sp³-hybridized carbons (Fsp3) is 0.273. The molecule has 2 aliphatic heterocycles. The molecule has 2 bridgehead atoms. The summed E-state index contributed by atoms with van der Waals surface area (Å²) in [6.45, 7) is -0.312. The van der Waals surface area contributed by atoms with Crippen LogP contribution in [0.15, 0.2) is 82.6 Å². The van der Waals surface area contributed by atoms with Gasteiger partial charge in [-0.2, -0.15) is 0 Å². The number of rotatable bonds is 6. The number of para-hydroxylation sites is 1. The zero-order valence-electron chi connectivity index (χ0n) is 23.4. The molecule has 45 heavy (non-hydrogen) atoms. The van der Waals surface area contributed by atoms with Crippen LogP contribution in [0.3, 0.4) is 0 Å². The van der Waals surface area contributed by atoms with Gasteiger partial charge in [-0.3, -0.25) is 24.1 Å². The minimum Gasteiger partial charge on any atom is -0.483 e. The predicted octanol–water partition coefficient (Wildman–Crippen LogP) is 5.92. The first-order valence-corrected chi connectivity index (χ1v) is 16.7. The minimum absolute atomic E-state index is 0.0138. The van der Waals surface area contributed by atoms with E-state index in [1.165, 1.54) is 29.2 Å². The molecule has 12 heteroatoms. The number of thioether (sulfide) groups is 1. The third kappa shape index (κ3) is 4.62. The van der Waals surface area contributed by atoms with Crippen molar-refractivity contribution >= 4 is 63.8 Å². The number of carbonyl (C=O) groups is 3. The van der Waals surface area contributed by atoms with E-state index >= 15 is 0 Å². The number of imide groups is 1. The molecular weight excluding hydrogens is 637 g/mol. The summed E-state index contributed by atoms with van der Waals surface area (Å²) in [6, 6.07) is 19.7. The molecule has 1 saturated heterocycles. The molecule has 3 fully saturated rings. The Hall–Kier alpha value is -3.93. The Balaban J connectivity index is 1.14. The summed E-state index contributed by atoms with van der Waals surface area (Å²) in [4.78, 5) is 58.2. The Bertz CT molecular complexity index is 1920. The van der Waals surface area contributed by atoms with Crippen molar-refractivity contribution in [3.05, 3.63) is 104 Å². The lowest BCUT2D eigenvalue weighted by molar-refractivity contribution is -0.123. The molecule has 7 atom stereocenters.